The molecule has 6 nitrogen and oxygen atoms in total. The predicted octanol–water partition coefficient (Wildman–Crippen LogP) is 4.45. The van der Waals surface area contributed by atoms with Crippen LogP contribution >= 0.6 is 0 Å². The van der Waals surface area contributed by atoms with E-state index in [-0.39, 0.29) is 0 Å². The zero-order chi connectivity index (χ0) is 20.9. The summed E-state index contributed by atoms with van der Waals surface area (Å²) in [4.78, 5) is 6.95. The third kappa shape index (κ3) is 8.11. The minimum absolute atomic E-state index is 0.581. The third-order valence-corrected chi connectivity index (χ3v) is 4.35. The maximum atomic E-state index is 5.88. The second kappa shape index (κ2) is 12.8. The number of aromatic nitrogens is 1. The molecule has 0 aliphatic heterocycles. The Balaban J connectivity index is 2.17. The molecular formula is C23H35N5O. The first kappa shape index (κ1) is 22.7. The Morgan fingerprint density at radius 2 is 1.90 bits per heavy atom. The van der Waals surface area contributed by atoms with Gasteiger partial charge in [0.05, 0.1) is 6.21 Å². The van der Waals surface area contributed by atoms with Gasteiger partial charge in [0.2, 0.25) is 5.88 Å². The normalized spacial score (nSPS) is 11.0. The van der Waals surface area contributed by atoms with Crippen molar-refractivity contribution in [2.45, 2.75) is 40.5 Å². The second-order valence-corrected chi connectivity index (χ2v) is 7.02. The van der Waals surface area contributed by atoms with Crippen LogP contribution in [0.25, 0.3) is 0 Å². The summed E-state index contributed by atoms with van der Waals surface area (Å²) in [6, 6.07) is 12.3. The number of likely N-dealkylation sites (N-methyl/N-ethyl adjacent to an activating group) is 1. The summed E-state index contributed by atoms with van der Waals surface area (Å²) >= 11 is 0. The number of ether oxygens (including phenoxy) is 1. The number of hydrazone groups is 1. The number of pyridine rings is 1. The fraction of sp³-hybridized carbons (Fsp3) is 0.478. The molecule has 0 radical (unpaired) electrons. The number of anilines is 2. The quantitative estimate of drug-likeness (QED) is 0.297. The number of nitrogens with zero attached hydrogens (tertiary/aromatic N) is 3. The average Bonchev–Trinajstić information content (AvgIpc) is 2.71. The van der Waals surface area contributed by atoms with Gasteiger partial charge in [0, 0.05) is 37.5 Å². The highest BCUT2D eigenvalue weighted by Crippen LogP contribution is 2.24. The van der Waals surface area contributed by atoms with Crippen LogP contribution in [0.4, 0.5) is 11.5 Å². The summed E-state index contributed by atoms with van der Waals surface area (Å²) in [5.74, 6) is 1.30. The van der Waals surface area contributed by atoms with Crippen molar-refractivity contribution in [3.8, 4) is 5.88 Å². The molecule has 158 valence electrons. The minimum atomic E-state index is 0.581. The maximum Gasteiger partial charge on any atom is 0.217 e. The van der Waals surface area contributed by atoms with E-state index in [9.17, 15) is 0 Å². The number of hydrogen-bond acceptors (Lipinski definition) is 6. The number of hydrogen-bond donors (Lipinski definition) is 2. The summed E-state index contributed by atoms with van der Waals surface area (Å²) in [6.07, 6.45) is 3.99. The van der Waals surface area contributed by atoms with E-state index in [1.54, 1.807) is 0 Å². The molecule has 1 heterocycles. The number of aryl methyl sites for hydroxylation is 1. The van der Waals surface area contributed by atoms with Crippen LogP contribution in [0.1, 0.15) is 44.7 Å². The highest BCUT2D eigenvalue weighted by molar-refractivity contribution is 5.80. The Labute approximate surface area is 175 Å². The first-order valence-corrected chi connectivity index (χ1v) is 10.6. The summed E-state index contributed by atoms with van der Waals surface area (Å²) in [6.45, 7) is 12.9. The van der Waals surface area contributed by atoms with Gasteiger partial charge in [0.25, 0.3) is 0 Å². The average molecular weight is 398 g/mol. The van der Waals surface area contributed by atoms with Crippen molar-refractivity contribution >= 4 is 17.7 Å². The van der Waals surface area contributed by atoms with Gasteiger partial charge < -0.3 is 15.0 Å². The number of rotatable bonds is 13. The lowest BCUT2D eigenvalue weighted by Gasteiger charge is -2.24. The van der Waals surface area contributed by atoms with Crippen molar-refractivity contribution in [3.05, 3.63) is 47.5 Å². The van der Waals surface area contributed by atoms with E-state index < -0.39 is 0 Å². The molecule has 1 aromatic heterocycles. The molecular weight excluding hydrogens is 362 g/mol. The zero-order valence-electron chi connectivity index (χ0n) is 18.2. The van der Waals surface area contributed by atoms with E-state index in [0.717, 1.165) is 50.3 Å². The van der Waals surface area contributed by atoms with E-state index in [0.29, 0.717) is 18.3 Å². The molecule has 0 aliphatic rings. The Morgan fingerprint density at radius 3 is 2.59 bits per heavy atom. The lowest BCUT2D eigenvalue weighted by Crippen LogP contribution is -2.25. The van der Waals surface area contributed by atoms with Gasteiger partial charge in [0.15, 0.2) is 5.82 Å². The van der Waals surface area contributed by atoms with Crippen molar-refractivity contribution in [2.24, 2.45) is 5.10 Å². The molecule has 0 fully saturated rings. The molecule has 0 atom stereocenters. The van der Waals surface area contributed by atoms with Crippen LogP contribution in [0.2, 0.25) is 0 Å². The van der Waals surface area contributed by atoms with Gasteiger partial charge in [-0.1, -0.05) is 50.6 Å². The first-order chi connectivity index (χ1) is 14.2. The topological polar surface area (TPSA) is 61.8 Å². The standard InChI is InChI=1S/C23H35N5O/c1-5-12-28(13-6-2)21-16-22(26-23(17-21)29-14-11-24-7-3)27-25-18-20-10-8-9-19(4)15-20/h8-10,15-18,24H,5-7,11-14H2,1-4H3,(H,26,27)/b25-18+. The van der Waals surface area contributed by atoms with Gasteiger partial charge >= 0.3 is 0 Å². The maximum absolute atomic E-state index is 5.88. The molecule has 0 unspecified atom stereocenters. The van der Waals surface area contributed by atoms with Gasteiger partial charge in [-0.3, -0.25) is 5.43 Å². The van der Waals surface area contributed by atoms with Gasteiger partial charge in [0.1, 0.15) is 6.61 Å². The molecule has 0 saturated carbocycles. The van der Waals surface area contributed by atoms with Crippen molar-refractivity contribution in [3.63, 3.8) is 0 Å². The highest BCUT2D eigenvalue weighted by Gasteiger charge is 2.10. The predicted molar refractivity (Wildman–Crippen MR) is 123 cm³/mol. The molecule has 6 heteroatoms. The number of benzene rings is 1. The monoisotopic (exact) mass is 397 g/mol. The molecule has 2 rings (SSSR count). The zero-order valence-corrected chi connectivity index (χ0v) is 18.2. The van der Waals surface area contributed by atoms with Crippen LogP contribution in [0.5, 0.6) is 5.88 Å². The Morgan fingerprint density at radius 1 is 1.10 bits per heavy atom. The summed E-state index contributed by atoms with van der Waals surface area (Å²) in [7, 11) is 0. The fourth-order valence-electron chi connectivity index (χ4n) is 3.04. The number of nitrogens with one attached hydrogen (secondary N) is 2. The third-order valence-electron chi connectivity index (χ3n) is 4.35. The Bertz CT molecular complexity index is 757. The SMILES string of the molecule is CCCN(CCC)c1cc(N/N=C/c2cccc(C)c2)nc(OCCNCC)c1. The van der Waals surface area contributed by atoms with Gasteiger partial charge in [-0.05, 0) is 31.9 Å². The largest absolute Gasteiger partial charge is 0.476 e. The van der Waals surface area contributed by atoms with Gasteiger partial charge in [-0.25, -0.2) is 0 Å². The van der Waals surface area contributed by atoms with Gasteiger partial charge in [-0.2, -0.15) is 10.1 Å². The molecule has 29 heavy (non-hydrogen) atoms. The molecule has 1 aromatic carbocycles. The molecule has 0 saturated heterocycles. The molecule has 0 aliphatic carbocycles. The summed E-state index contributed by atoms with van der Waals surface area (Å²) in [5.41, 5.74) is 6.44. The van der Waals surface area contributed by atoms with Crippen molar-refractivity contribution < 1.29 is 4.74 Å². The van der Waals surface area contributed by atoms with Crippen LogP contribution < -0.4 is 20.4 Å². The smallest absolute Gasteiger partial charge is 0.217 e. The van der Waals surface area contributed by atoms with Crippen LogP contribution in [0.15, 0.2) is 41.5 Å². The highest BCUT2D eigenvalue weighted by atomic mass is 16.5. The fourth-order valence-corrected chi connectivity index (χ4v) is 3.04. The van der Waals surface area contributed by atoms with Crippen molar-refractivity contribution in [1.82, 2.24) is 10.3 Å². The van der Waals surface area contributed by atoms with Crippen molar-refractivity contribution in [1.29, 1.82) is 0 Å². The molecule has 0 amide bonds. The molecule has 2 aromatic rings. The van der Waals surface area contributed by atoms with E-state index in [4.69, 9.17) is 4.74 Å². The Kier molecular flexibility index (Phi) is 10.00. The molecule has 2 N–H and O–H groups in total. The van der Waals surface area contributed by atoms with Crippen LogP contribution in [0.3, 0.4) is 0 Å². The summed E-state index contributed by atoms with van der Waals surface area (Å²) in [5, 5.41) is 7.64. The first-order valence-electron chi connectivity index (χ1n) is 10.6. The molecule has 0 spiro atoms. The molecule has 0 bridgehead atoms. The van der Waals surface area contributed by atoms with E-state index >= 15 is 0 Å². The van der Waals surface area contributed by atoms with Crippen LogP contribution in [0, 0.1) is 6.92 Å². The van der Waals surface area contributed by atoms with Crippen LogP contribution in [-0.4, -0.2) is 44.0 Å². The van der Waals surface area contributed by atoms with E-state index in [1.807, 2.05) is 30.5 Å². The minimum Gasteiger partial charge on any atom is -0.476 e. The lowest BCUT2D eigenvalue weighted by molar-refractivity contribution is 0.304. The lowest BCUT2D eigenvalue weighted by atomic mass is 10.2. The van der Waals surface area contributed by atoms with E-state index in [2.05, 4.69) is 65.6 Å². The Hall–Kier alpha value is -2.60. The summed E-state index contributed by atoms with van der Waals surface area (Å²) < 4.78 is 5.88. The van der Waals surface area contributed by atoms with E-state index in [1.165, 1.54) is 5.56 Å². The second-order valence-electron chi connectivity index (χ2n) is 7.02. The van der Waals surface area contributed by atoms with Gasteiger partial charge in [-0.15, -0.1) is 0 Å². The van der Waals surface area contributed by atoms with Crippen molar-refractivity contribution in [2.75, 3.05) is 43.1 Å². The van der Waals surface area contributed by atoms with Crippen LogP contribution in [-0.2, 0) is 0 Å².